The SMILES string of the molecule is CNC(=O)c1ccc(N2CCCC(O)C2)c([N+](=O)[O-])c1. The highest BCUT2D eigenvalue weighted by Gasteiger charge is 2.25. The first-order valence-electron chi connectivity index (χ1n) is 6.46. The van der Waals surface area contributed by atoms with Gasteiger partial charge in [-0.15, -0.1) is 0 Å². The number of aliphatic hydroxyl groups excluding tert-OH is 1. The molecule has 7 heteroatoms. The summed E-state index contributed by atoms with van der Waals surface area (Å²) in [6.07, 6.45) is 1.03. The van der Waals surface area contributed by atoms with Gasteiger partial charge >= 0.3 is 0 Å². The third kappa shape index (κ3) is 2.88. The molecule has 0 saturated carbocycles. The Morgan fingerprint density at radius 3 is 2.90 bits per heavy atom. The molecule has 0 aliphatic carbocycles. The Morgan fingerprint density at radius 1 is 1.55 bits per heavy atom. The first-order chi connectivity index (χ1) is 9.52. The van der Waals surface area contributed by atoms with Crippen molar-refractivity contribution >= 4 is 17.3 Å². The number of carbonyl (C=O) groups is 1. The maximum absolute atomic E-state index is 11.5. The first kappa shape index (κ1) is 14.3. The fourth-order valence-corrected chi connectivity index (χ4v) is 2.40. The summed E-state index contributed by atoms with van der Waals surface area (Å²) >= 11 is 0. The first-order valence-corrected chi connectivity index (χ1v) is 6.46. The van der Waals surface area contributed by atoms with E-state index in [1.807, 2.05) is 0 Å². The molecule has 7 nitrogen and oxygen atoms in total. The maximum atomic E-state index is 11.5. The number of carbonyl (C=O) groups excluding carboxylic acids is 1. The van der Waals surface area contributed by atoms with Gasteiger partial charge in [-0.05, 0) is 25.0 Å². The lowest BCUT2D eigenvalue weighted by atomic mass is 10.1. The number of hydrogen-bond acceptors (Lipinski definition) is 5. The normalized spacial score (nSPS) is 18.7. The number of benzene rings is 1. The van der Waals surface area contributed by atoms with E-state index in [4.69, 9.17) is 0 Å². The summed E-state index contributed by atoms with van der Waals surface area (Å²) in [7, 11) is 1.48. The van der Waals surface area contributed by atoms with Crippen molar-refractivity contribution in [2.45, 2.75) is 18.9 Å². The monoisotopic (exact) mass is 279 g/mol. The molecule has 1 saturated heterocycles. The van der Waals surface area contributed by atoms with E-state index in [0.717, 1.165) is 6.42 Å². The highest BCUT2D eigenvalue weighted by atomic mass is 16.6. The van der Waals surface area contributed by atoms with Crippen LogP contribution in [0.4, 0.5) is 11.4 Å². The number of piperidine rings is 1. The van der Waals surface area contributed by atoms with E-state index >= 15 is 0 Å². The molecule has 1 fully saturated rings. The standard InChI is InChI=1S/C13H17N3O4/c1-14-13(18)9-4-5-11(12(7-9)16(19)20)15-6-2-3-10(17)8-15/h4-5,7,10,17H,2-3,6,8H2,1H3,(H,14,18). The summed E-state index contributed by atoms with van der Waals surface area (Å²) in [5, 5.41) is 23.3. The summed E-state index contributed by atoms with van der Waals surface area (Å²) in [5.41, 5.74) is 0.585. The number of β-amino-alcohol motifs (C(OH)–C–C–N with tert-alkyl or cyclic N) is 1. The lowest BCUT2D eigenvalue weighted by Gasteiger charge is -2.31. The molecule has 0 radical (unpaired) electrons. The van der Waals surface area contributed by atoms with Crippen molar-refractivity contribution in [1.29, 1.82) is 0 Å². The fourth-order valence-electron chi connectivity index (χ4n) is 2.40. The van der Waals surface area contributed by atoms with Crippen LogP contribution in [-0.2, 0) is 0 Å². The summed E-state index contributed by atoms with van der Waals surface area (Å²) in [5.74, 6) is -0.363. The second kappa shape index (κ2) is 5.87. The van der Waals surface area contributed by atoms with E-state index < -0.39 is 11.0 Å². The van der Waals surface area contributed by atoms with Crippen molar-refractivity contribution in [3.63, 3.8) is 0 Å². The van der Waals surface area contributed by atoms with Crippen LogP contribution in [-0.4, -0.2) is 42.2 Å². The lowest BCUT2D eigenvalue weighted by Crippen LogP contribution is -2.38. The summed E-state index contributed by atoms with van der Waals surface area (Å²) in [6.45, 7) is 1.04. The maximum Gasteiger partial charge on any atom is 0.293 e. The number of rotatable bonds is 3. The van der Waals surface area contributed by atoms with Gasteiger partial charge in [0.15, 0.2) is 0 Å². The number of nitrogens with one attached hydrogen (secondary N) is 1. The van der Waals surface area contributed by atoms with E-state index in [0.29, 0.717) is 25.2 Å². The molecule has 20 heavy (non-hydrogen) atoms. The average Bonchev–Trinajstić information content (AvgIpc) is 2.45. The van der Waals surface area contributed by atoms with E-state index in [-0.39, 0.29) is 17.2 Å². The molecule has 1 unspecified atom stereocenters. The summed E-state index contributed by atoms with van der Waals surface area (Å²) in [4.78, 5) is 24.0. The van der Waals surface area contributed by atoms with Crippen LogP contribution in [0.25, 0.3) is 0 Å². The van der Waals surface area contributed by atoms with Gasteiger partial charge in [0.05, 0.1) is 11.0 Å². The van der Waals surface area contributed by atoms with Crippen molar-refractivity contribution in [2.75, 3.05) is 25.0 Å². The van der Waals surface area contributed by atoms with Gasteiger partial charge in [0.1, 0.15) is 5.69 Å². The Hall–Kier alpha value is -2.15. The molecule has 0 bridgehead atoms. The lowest BCUT2D eigenvalue weighted by molar-refractivity contribution is -0.384. The summed E-state index contributed by atoms with van der Waals surface area (Å²) in [6, 6.07) is 4.40. The van der Waals surface area contributed by atoms with E-state index in [2.05, 4.69) is 5.32 Å². The zero-order chi connectivity index (χ0) is 14.7. The van der Waals surface area contributed by atoms with Crippen LogP contribution >= 0.6 is 0 Å². The minimum Gasteiger partial charge on any atom is -0.391 e. The molecule has 1 aromatic carbocycles. The number of anilines is 1. The van der Waals surface area contributed by atoms with E-state index in [1.54, 1.807) is 17.0 Å². The molecule has 0 aromatic heterocycles. The van der Waals surface area contributed by atoms with Crippen molar-refractivity contribution in [3.8, 4) is 0 Å². The Bertz CT molecular complexity index is 532. The number of aliphatic hydroxyl groups is 1. The topological polar surface area (TPSA) is 95.7 Å². The quantitative estimate of drug-likeness (QED) is 0.633. The molecule has 1 amide bonds. The van der Waals surface area contributed by atoms with Crippen LogP contribution in [0.1, 0.15) is 23.2 Å². The number of nitro groups is 1. The second-order valence-corrected chi connectivity index (χ2v) is 4.78. The average molecular weight is 279 g/mol. The molecular weight excluding hydrogens is 262 g/mol. The van der Waals surface area contributed by atoms with E-state index in [9.17, 15) is 20.0 Å². The minimum absolute atomic E-state index is 0.111. The smallest absolute Gasteiger partial charge is 0.293 e. The molecule has 1 aliphatic heterocycles. The minimum atomic E-state index is -0.497. The predicted molar refractivity (Wildman–Crippen MR) is 73.9 cm³/mol. The van der Waals surface area contributed by atoms with Gasteiger partial charge in [-0.2, -0.15) is 0 Å². The zero-order valence-corrected chi connectivity index (χ0v) is 11.2. The number of amides is 1. The van der Waals surface area contributed by atoms with Crippen LogP contribution < -0.4 is 10.2 Å². The van der Waals surface area contributed by atoms with Gasteiger partial charge in [-0.25, -0.2) is 0 Å². The van der Waals surface area contributed by atoms with Gasteiger partial charge in [0, 0.05) is 31.8 Å². The van der Waals surface area contributed by atoms with Crippen molar-refractivity contribution in [3.05, 3.63) is 33.9 Å². The molecule has 1 aliphatic rings. The second-order valence-electron chi connectivity index (χ2n) is 4.78. The third-order valence-electron chi connectivity index (χ3n) is 3.40. The van der Waals surface area contributed by atoms with E-state index in [1.165, 1.54) is 13.1 Å². The molecular formula is C13H17N3O4. The molecule has 1 atom stereocenters. The van der Waals surface area contributed by atoms with Gasteiger partial charge in [-0.1, -0.05) is 0 Å². The summed E-state index contributed by atoms with van der Waals surface area (Å²) < 4.78 is 0. The van der Waals surface area contributed by atoms with Crippen LogP contribution in [0.5, 0.6) is 0 Å². The molecule has 2 rings (SSSR count). The van der Waals surface area contributed by atoms with Gasteiger partial charge in [-0.3, -0.25) is 14.9 Å². The Balaban J connectivity index is 2.37. The Kier molecular flexibility index (Phi) is 4.19. The van der Waals surface area contributed by atoms with Crippen LogP contribution in [0, 0.1) is 10.1 Å². The number of nitro benzene ring substituents is 1. The highest BCUT2D eigenvalue weighted by Crippen LogP contribution is 2.31. The highest BCUT2D eigenvalue weighted by molar-refractivity contribution is 5.95. The Labute approximate surface area is 116 Å². The van der Waals surface area contributed by atoms with Crippen molar-refractivity contribution < 1.29 is 14.8 Å². The van der Waals surface area contributed by atoms with Gasteiger partial charge < -0.3 is 15.3 Å². The molecule has 2 N–H and O–H groups in total. The molecule has 1 heterocycles. The van der Waals surface area contributed by atoms with Crippen LogP contribution in [0.3, 0.4) is 0 Å². The number of hydrogen-bond donors (Lipinski definition) is 2. The van der Waals surface area contributed by atoms with Crippen LogP contribution in [0.15, 0.2) is 18.2 Å². The predicted octanol–water partition coefficient (Wildman–Crippen LogP) is 0.916. The third-order valence-corrected chi connectivity index (χ3v) is 3.40. The molecule has 108 valence electrons. The van der Waals surface area contributed by atoms with Gasteiger partial charge in [0.25, 0.3) is 11.6 Å². The largest absolute Gasteiger partial charge is 0.391 e. The zero-order valence-electron chi connectivity index (χ0n) is 11.2. The van der Waals surface area contributed by atoms with Crippen molar-refractivity contribution in [1.82, 2.24) is 5.32 Å². The van der Waals surface area contributed by atoms with Gasteiger partial charge in [0.2, 0.25) is 0 Å². The van der Waals surface area contributed by atoms with Crippen molar-refractivity contribution in [2.24, 2.45) is 0 Å². The molecule has 0 spiro atoms. The number of nitrogens with zero attached hydrogens (tertiary/aromatic N) is 2. The molecule has 1 aromatic rings. The fraction of sp³-hybridized carbons (Fsp3) is 0.462. The van der Waals surface area contributed by atoms with Crippen LogP contribution in [0.2, 0.25) is 0 Å². The Morgan fingerprint density at radius 2 is 2.30 bits per heavy atom.